The Morgan fingerprint density at radius 1 is 1.11 bits per heavy atom. The lowest BCUT2D eigenvalue weighted by atomic mass is 10.1. The summed E-state index contributed by atoms with van der Waals surface area (Å²) in [5.41, 5.74) is 0. The van der Waals surface area contributed by atoms with Crippen molar-refractivity contribution in [2.75, 3.05) is 19.6 Å². The molecule has 1 N–H and O–H groups in total. The molecular weight excluding hydrogens is 226 g/mol. The molecule has 1 unspecified atom stereocenters. The second kappa shape index (κ2) is 9.37. The highest BCUT2D eigenvalue weighted by molar-refractivity contribution is 5.70. The van der Waals surface area contributed by atoms with Gasteiger partial charge in [-0.15, -0.1) is 0 Å². The predicted octanol–water partition coefficient (Wildman–Crippen LogP) is 3.53. The molecule has 1 saturated heterocycles. The molecular formula is C15H29NO2. The number of nitrogens with zero attached hydrogens (tertiary/aromatic N) is 1. The number of rotatable bonds is 10. The highest BCUT2D eigenvalue weighted by Gasteiger charge is 2.27. The van der Waals surface area contributed by atoms with Crippen LogP contribution in [0.15, 0.2) is 0 Å². The summed E-state index contributed by atoms with van der Waals surface area (Å²) in [5.74, 6) is -0.729. The van der Waals surface area contributed by atoms with Crippen molar-refractivity contribution in [1.82, 2.24) is 4.90 Å². The van der Waals surface area contributed by atoms with E-state index in [0.717, 1.165) is 26.1 Å². The molecule has 0 aromatic heterocycles. The first-order valence-electron chi connectivity index (χ1n) is 7.69. The van der Waals surface area contributed by atoms with Crippen LogP contribution in [-0.2, 0) is 4.79 Å². The Hall–Kier alpha value is -0.570. The molecule has 0 aliphatic carbocycles. The van der Waals surface area contributed by atoms with Gasteiger partial charge in [0.05, 0.1) is 5.92 Å². The van der Waals surface area contributed by atoms with E-state index in [4.69, 9.17) is 5.11 Å². The molecule has 3 heteroatoms. The Bertz CT molecular complexity index is 231. The first-order chi connectivity index (χ1) is 8.74. The third kappa shape index (κ3) is 6.39. The van der Waals surface area contributed by atoms with E-state index >= 15 is 0 Å². The van der Waals surface area contributed by atoms with Gasteiger partial charge in [-0.1, -0.05) is 51.9 Å². The van der Waals surface area contributed by atoms with Crippen molar-refractivity contribution >= 4 is 5.97 Å². The fraction of sp³-hybridized carbons (Fsp3) is 0.933. The molecule has 106 valence electrons. The molecule has 0 saturated carbocycles. The maximum atomic E-state index is 10.8. The number of aliphatic carboxylic acids is 1. The van der Waals surface area contributed by atoms with Crippen molar-refractivity contribution in [3.63, 3.8) is 0 Å². The van der Waals surface area contributed by atoms with Crippen molar-refractivity contribution in [2.24, 2.45) is 5.92 Å². The standard InChI is InChI=1S/C15H29NO2/c1-2-3-4-5-6-7-8-9-11-16-12-10-14(13-16)15(17)18/h14H,2-13H2,1H3,(H,17,18). The fourth-order valence-corrected chi connectivity index (χ4v) is 2.71. The third-order valence-electron chi connectivity index (χ3n) is 3.95. The van der Waals surface area contributed by atoms with Gasteiger partial charge in [0.1, 0.15) is 0 Å². The molecule has 18 heavy (non-hydrogen) atoms. The van der Waals surface area contributed by atoms with E-state index in [1.165, 1.54) is 51.4 Å². The molecule has 0 aromatic carbocycles. The molecule has 0 amide bonds. The Morgan fingerprint density at radius 3 is 2.28 bits per heavy atom. The summed E-state index contributed by atoms with van der Waals surface area (Å²) < 4.78 is 0. The minimum absolute atomic E-state index is 0.112. The summed E-state index contributed by atoms with van der Waals surface area (Å²) >= 11 is 0. The van der Waals surface area contributed by atoms with Gasteiger partial charge in [0.15, 0.2) is 0 Å². The van der Waals surface area contributed by atoms with E-state index in [9.17, 15) is 4.79 Å². The lowest BCUT2D eigenvalue weighted by Crippen LogP contribution is -2.24. The van der Waals surface area contributed by atoms with Crippen LogP contribution in [0.3, 0.4) is 0 Å². The van der Waals surface area contributed by atoms with Gasteiger partial charge in [0.2, 0.25) is 0 Å². The maximum Gasteiger partial charge on any atom is 0.307 e. The highest BCUT2D eigenvalue weighted by Crippen LogP contribution is 2.17. The molecule has 1 atom stereocenters. The minimum Gasteiger partial charge on any atom is -0.481 e. The number of carboxylic acid groups (broad SMARTS) is 1. The number of carboxylic acids is 1. The normalized spacial score (nSPS) is 20.4. The number of hydrogen-bond acceptors (Lipinski definition) is 2. The molecule has 3 nitrogen and oxygen atoms in total. The van der Waals surface area contributed by atoms with Crippen LogP contribution < -0.4 is 0 Å². The molecule has 1 heterocycles. The molecule has 1 aliphatic rings. The SMILES string of the molecule is CCCCCCCCCCN1CCC(C(=O)O)C1. The van der Waals surface area contributed by atoms with E-state index in [1.54, 1.807) is 0 Å². The number of likely N-dealkylation sites (tertiary alicyclic amines) is 1. The van der Waals surface area contributed by atoms with Crippen LogP contribution >= 0.6 is 0 Å². The number of carbonyl (C=O) groups is 1. The summed E-state index contributed by atoms with van der Waals surface area (Å²) in [6, 6.07) is 0. The van der Waals surface area contributed by atoms with Crippen molar-refractivity contribution in [3.8, 4) is 0 Å². The largest absolute Gasteiger partial charge is 0.481 e. The molecule has 1 aliphatic heterocycles. The molecule has 1 rings (SSSR count). The Labute approximate surface area is 112 Å². The van der Waals surface area contributed by atoms with Crippen molar-refractivity contribution in [3.05, 3.63) is 0 Å². The van der Waals surface area contributed by atoms with Gasteiger partial charge in [-0.2, -0.15) is 0 Å². The molecule has 0 bridgehead atoms. The molecule has 0 aromatic rings. The second-order valence-electron chi connectivity index (χ2n) is 5.60. The van der Waals surface area contributed by atoms with E-state index in [2.05, 4.69) is 11.8 Å². The smallest absolute Gasteiger partial charge is 0.307 e. The summed E-state index contributed by atoms with van der Waals surface area (Å²) in [6.07, 6.45) is 11.6. The summed E-state index contributed by atoms with van der Waals surface area (Å²) in [7, 11) is 0. The maximum absolute atomic E-state index is 10.8. The molecule has 1 fully saturated rings. The summed E-state index contributed by atoms with van der Waals surface area (Å²) in [6.45, 7) is 5.10. The predicted molar refractivity (Wildman–Crippen MR) is 74.8 cm³/mol. The zero-order valence-corrected chi connectivity index (χ0v) is 11.9. The number of hydrogen-bond donors (Lipinski definition) is 1. The van der Waals surface area contributed by atoms with E-state index in [0.29, 0.717) is 0 Å². The lowest BCUT2D eigenvalue weighted by Gasteiger charge is -2.14. The lowest BCUT2D eigenvalue weighted by molar-refractivity contribution is -0.141. The zero-order chi connectivity index (χ0) is 13.2. The van der Waals surface area contributed by atoms with Gasteiger partial charge in [0, 0.05) is 6.54 Å². The average molecular weight is 255 g/mol. The highest BCUT2D eigenvalue weighted by atomic mass is 16.4. The number of unbranched alkanes of at least 4 members (excludes halogenated alkanes) is 7. The Kier molecular flexibility index (Phi) is 8.06. The summed E-state index contributed by atoms with van der Waals surface area (Å²) in [4.78, 5) is 13.1. The quantitative estimate of drug-likeness (QED) is 0.607. The van der Waals surface area contributed by atoms with Crippen LogP contribution in [0, 0.1) is 5.92 Å². The van der Waals surface area contributed by atoms with Crippen LogP contribution in [0.4, 0.5) is 0 Å². The van der Waals surface area contributed by atoms with Gasteiger partial charge in [-0.3, -0.25) is 4.79 Å². The van der Waals surface area contributed by atoms with E-state index in [1.807, 2.05) is 0 Å². The van der Waals surface area contributed by atoms with E-state index in [-0.39, 0.29) is 5.92 Å². The van der Waals surface area contributed by atoms with Crippen LogP contribution in [-0.4, -0.2) is 35.6 Å². The first kappa shape index (κ1) is 15.5. The molecule has 0 spiro atoms. The monoisotopic (exact) mass is 255 g/mol. The average Bonchev–Trinajstić information content (AvgIpc) is 2.81. The Morgan fingerprint density at radius 2 is 1.72 bits per heavy atom. The van der Waals surface area contributed by atoms with Gasteiger partial charge in [-0.25, -0.2) is 0 Å². The van der Waals surface area contributed by atoms with Gasteiger partial charge < -0.3 is 10.0 Å². The minimum atomic E-state index is -0.617. The van der Waals surface area contributed by atoms with E-state index < -0.39 is 5.97 Å². The second-order valence-corrected chi connectivity index (χ2v) is 5.60. The summed E-state index contributed by atoms with van der Waals surface area (Å²) in [5, 5.41) is 8.92. The first-order valence-corrected chi connectivity index (χ1v) is 7.69. The van der Waals surface area contributed by atoms with Crippen LogP contribution in [0.5, 0.6) is 0 Å². The van der Waals surface area contributed by atoms with Crippen LogP contribution in [0.1, 0.15) is 64.7 Å². The topological polar surface area (TPSA) is 40.5 Å². The van der Waals surface area contributed by atoms with Crippen LogP contribution in [0.25, 0.3) is 0 Å². The zero-order valence-electron chi connectivity index (χ0n) is 11.9. The Balaban J connectivity index is 1.88. The van der Waals surface area contributed by atoms with Gasteiger partial charge in [-0.05, 0) is 25.9 Å². The van der Waals surface area contributed by atoms with Crippen molar-refractivity contribution in [1.29, 1.82) is 0 Å². The van der Waals surface area contributed by atoms with Crippen molar-refractivity contribution in [2.45, 2.75) is 64.7 Å². The third-order valence-corrected chi connectivity index (χ3v) is 3.95. The van der Waals surface area contributed by atoms with Crippen molar-refractivity contribution < 1.29 is 9.90 Å². The fourth-order valence-electron chi connectivity index (χ4n) is 2.71. The molecule has 0 radical (unpaired) electrons. The van der Waals surface area contributed by atoms with Crippen LogP contribution in [0.2, 0.25) is 0 Å². The van der Waals surface area contributed by atoms with Gasteiger partial charge >= 0.3 is 5.97 Å². The van der Waals surface area contributed by atoms with Gasteiger partial charge in [0.25, 0.3) is 0 Å².